The molecule has 2 unspecified atom stereocenters. The highest BCUT2D eigenvalue weighted by atomic mass is 16.5. The van der Waals surface area contributed by atoms with Crippen molar-refractivity contribution >= 4 is 0 Å². The topological polar surface area (TPSA) is 30.5 Å². The van der Waals surface area contributed by atoms with Gasteiger partial charge in [0.2, 0.25) is 0 Å². The number of nitrogens with one attached hydrogen (secondary N) is 1. The van der Waals surface area contributed by atoms with E-state index < -0.39 is 0 Å². The lowest BCUT2D eigenvalue weighted by atomic mass is 9.87. The summed E-state index contributed by atoms with van der Waals surface area (Å²) in [6.45, 7) is 13.2. The van der Waals surface area contributed by atoms with Crippen molar-refractivity contribution in [2.45, 2.75) is 46.8 Å². The van der Waals surface area contributed by atoms with Gasteiger partial charge in [0.25, 0.3) is 0 Å². The predicted octanol–water partition coefficient (Wildman–Crippen LogP) is 2.06. The summed E-state index contributed by atoms with van der Waals surface area (Å²) in [7, 11) is 1.70. The summed E-state index contributed by atoms with van der Waals surface area (Å²) in [6.07, 6.45) is 0.165. The average molecular weight is 217 g/mol. The van der Waals surface area contributed by atoms with Crippen molar-refractivity contribution in [1.82, 2.24) is 5.32 Å². The SMILES string of the molecule is CCNC(COC(C)COC)C(C)(C)C. The van der Waals surface area contributed by atoms with E-state index in [0.29, 0.717) is 12.6 Å². The summed E-state index contributed by atoms with van der Waals surface area (Å²) < 4.78 is 10.8. The molecule has 2 atom stereocenters. The van der Waals surface area contributed by atoms with E-state index in [4.69, 9.17) is 9.47 Å². The second kappa shape index (κ2) is 7.20. The lowest BCUT2D eigenvalue weighted by molar-refractivity contribution is -0.0133. The van der Waals surface area contributed by atoms with Gasteiger partial charge in [0.15, 0.2) is 0 Å². The van der Waals surface area contributed by atoms with Crippen molar-refractivity contribution < 1.29 is 9.47 Å². The molecular formula is C12H27NO2. The van der Waals surface area contributed by atoms with Gasteiger partial charge in [-0.25, -0.2) is 0 Å². The molecule has 0 heterocycles. The van der Waals surface area contributed by atoms with E-state index in [0.717, 1.165) is 13.2 Å². The van der Waals surface area contributed by atoms with Gasteiger partial charge in [-0.3, -0.25) is 0 Å². The number of likely N-dealkylation sites (N-methyl/N-ethyl adjacent to an activating group) is 1. The van der Waals surface area contributed by atoms with Crippen molar-refractivity contribution in [2.24, 2.45) is 5.41 Å². The fourth-order valence-corrected chi connectivity index (χ4v) is 1.40. The maximum atomic E-state index is 5.74. The van der Waals surface area contributed by atoms with Gasteiger partial charge in [-0.05, 0) is 18.9 Å². The van der Waals surface area contributed by atoms with Gasteiger partial charge in [0.05, 0.1) is 19.3 Å². The molecule has 0 aromatic rings. The van der Waals surface area contributed by atoms with E-state index in [-0.39, 0.29) is 11.5 Å². The Balaban J connectivity index is 3.96. The number of hydrogen-bond acceptors (Lipinski definition) is 3. The van der Waals surface area contributed by atoms with Crippen LogP contribution in [0.5, 0.6) is 0 Å². The molecule has 15 heavy (non-hydrogen) atoms. The molecule has 3 nitrogen and oxygen atoms in total. The van der Waals surface area contributed by atoms with Gasteiger partial charge < -0.3 is 14.8 Å². The summed E-state index contributed by atoms with van der Waals surface area (Å²) in [6, 6.07) is 0.391. The fourth-order valence-electron chi connectivity index (χ4n) is 1.40. The third-order valence-electron chi connectivity index (χ3n) is 2.44. The Bertz CT molecular complexity index is 154. The molecule has 92 valence electrons. The van der Waals surface area contributed by atoms with Crippen molar-refractivity contribution in [2.75, 3.05) is 26.9 Å². The molecule has 0 radical (unpaired) electrons. The first-order valence-corrected chi connectivity index (χ1v) is 5.75. The first kappa shape index (κ1) is 14.9. The minimum absolute atomic E-state index is 0.165. The summed E-state index contributed by atoms with van der Waals surface area (Å²) in [5.74, 6) is 0. The number of methoxy groups -OCH3 is 1. The molecule has 0 aliphatic carbocycles. The highest BCUT2D eigenvalue weighted by Gasteiger charge is 2.24. The number of ether oxygens (including phenoxy) is 2. The van der Waals surface area contributed by atoms with Crippen LogP contribution in [0.25, 0.3) is 0 Å². The van der Waals surface area contributed by atoms with Gasteiger partial charge in [-0.2, -0.15) is 0 Å². The van der Waals surface area contributed by atoms with Crippen molar-refractivity contribution in [3.05, 3.63) is 0 Å². The van der Waals surface area contributed by atoms with Crippen molar-refractivity contribution in [3.63, 3.8) is 0 Å². The summed E-state index contributed by atoms with van der Waals surface area (Å²) in [5.41, 5.74) is 0.225. The monoisotopic (exact) mass is 217 g/mol. The molecule has 1 N–H and O–H groups in total. The second-order valence-corrected chi connectivity index (χ2v) is 5.08. The lowest BCUT2D eigenvalue weighted by Gasteiger charge is -2.32. The maximum Gasteiger partial charge on any atom is 0.0781 e. The van der Waals surface area contributed by atoms with E-state index in [1.54, 1.807) is 7.11 Å². The van der Waals surface area contributed by atoms with Crippen LogP contribution in [-0.2, 0) is 9.47 Å². The van der Waals surface area contributed by atoms with Crippen LogP contribution in [-0.4, -0.2) is 39.0 Å². The highest BCUT2D eigenvalue weighted by molar-refractivity contribution is 4.80. The molecule has 0 fully saturated rings. The Morgan fingerprint density at radius 1 is 1.20 bits per heavy atom. The Hall–Kier alpha value is -0.120. The van der Waals surface area contributed by atoms with E-state index >= 15 is 0 Å². The molecule has 0 spiro atoms. The number of hydrogen-bond donors (Lipinski definition) is 1. The molecule has 0 aliphatic heterocycles. The van der Waals surface area contributed by atoms with Crippen molar-refractivity contribution in [1.29, 1.82) is 0 Å². The molecule has 0 saturated carbocycles. The molecule has 0 bridgehead atoms. The zero-order valence-electron chi connectivity index (χ0n) is 11.1. The zero-order valence-corrected chi connectivity index (χ0v) is 11.1. The Morgan fingerprint density at radius 3 is 2.20 bits per heavy atom. The third-order valence-corrected chi connectivity index (χ3v) is 2.44. The van der Waals surface area contributed by atoms with Gasteiger partial charge in [0, 0.05) is 13.2 Å². The van der Waals surface area contributed by atoms with Crippen LogP contribution in [0.2, 0.25) is 0 Å². The van der Waals surface area contributed by atoms with Crippen LogP contribution in [0.4, 0.5) is 0 Å². The van der Waals surface area contributed by atoms with Crippen LogP contribution in [0, 0.1) is 5.41 Å². The Kier molecular flexibility index (Phi) is 7.14. The minimum atomic E-state index is 0.165. The first-order valence-electron chi connectivity index (χ1n) is 5.75. The van der Waals surface area contributed by atoms with Gasteiger partial charge in [-0.1, -0.05) is 27.7 Å². The molecular weight excluding hydrogens is 190 g/mol. The first-order chi connectivity index (χ1) is 6.91. The molecule has 0 amide bonds. The van der Waals surface area contributed by atoms with Gasteiger partial charge in [0.1, 0.15) is 0 Å². The largest absolute Gasteiger partial charge is 0.382 e. The highest BCUT2D eigenvalue weighted by Crippen LogP contribution is 2.19. The predicted molar refractivity (Wildman–Crippen MR) is 64.2 cm³/mol. The fraction of sp³-hybridized carbons (Fsp3) is 1.00. The van der Waals surface area contributed by atoms with Gasteiger partial charge >= 0.3 is 0 Å². The molecule has 0 aromatic carbocycles. The lowest BCUT2D eigenvalue weighted by Crippen LogP contribution is -2.44. The Morgan fingerprint density at radius 2 is 1.80 bits per heavy atom. The smallest absolute Gasteiger partial charge is 0.0781 e. The van der Waals surface area contributed by atoms with E-state index in [1.165, 1.54) is 0 Å². The molecule has 0 aliphatic rings. The minimum Gasteiger partial charge on any atom is -0.382 e. The third kappa shape index (κ3) is 6.88. The standard InChI is InChI=1S/C12H27NO2/c1-7-13-11(12(3,4)5)9-15-10(2)8-14-6/h10-11,13H,7-9H2,1-6H3. The van der Waals surface area contributed by atoms with Crippen LogP contribution >= 0.6 is 0 Å². The zero-order chi connectivity index (χ0) is 11.9. The van der Waals surface area contributed by atoms with E-state index in [9.17, 15) is 0 Å². The van der Waals surface area contributed by atoms with Crippen LogP contribution in [0.1, 0.15) is 34.6 Å². The maximum absolute atomic E-state index is 5.74. The van der Waals surface area contributed by atoms with Crippen LogP contribution in [0.3, 0.4) is 0 Å². The van der Waals surface area contributed by atoms with E-state index in [1.807, 2.05) is 6.92 Å². The summed E-state index contributed by atoms with van der Waals surface area (Å²) >= 11 is 0. The molecule has 0 saturated heterocycles. The Labute approximate surface area is 94.5 Å². The van der Waals surface area contributed by atoms with Crippen LogP contribution < -0.4 is 5.32 Å². The summed E-state index contributed by atoms with van der Waals surface area (Å²) in [5, 5.41) is 3.45. The normalized spacial score (nSPS) is 16.4. The van der Waals surface area contributed by atoms with E-state index in [2.05, 4.69) is 33.0 Å². The average Bonchev–Trinajstić information content (AvgIpc) is 2.10. The number of rotatable bonds is 7. The molecule has 0 aromatic heterocycles. The second-order valence-electron chi connectivity index (χ2n) is 5.08. The summed E-state index contributed by atoms with van der Waals surface area (Å²) in [4.78, 5) is 0. The molecule has 0 rings (SSSR count). The quantitative estimate of drug-likeness (QED) is 0.708. The van der Waals surface area contributed by atoms with Crippen LogP contribution in [0.15, 0.2) is 0 Å². The van der Waals surface area contributed by atoms with Gasteiger partial charge in [-0.15, -0.1) is 0 Å². The van der Waals surface area contributed by atoms with Crippen molar-refractivity contribution in [3.8, 4) is 0 Å². The molecule has 3 heteroatoms.